The lowest BCUT2D eigenvalue weighted by Crippen LogP contribution is -2.32. The van der Waals surface area contributed by atoms with E-state index in [4.69, 9.17) is 21.1 Å². The molecule has 1 heterocycles. The van der Waals surface area contributed by atoms with Gasteiger partial charge in [-0.05, 0) is 61.0 Å². The van der Waals surface area contributed by atoms with Crippen molar-refractivity contribution in [2.75, 3.05) is 36.9 Å². The molecule has 0 fully saturated rings. The van der Waals surface area contributed by atoms with Crippen LogP contribution in [0.25, 0.3) is 0 Å². The number of aryl methyl sites for hydroxylation is 1. The van der Waals surface area contributed by atoms with Gasteiger partial charge < -0.3 is 24.8 Å². The Morgan fingerprint density at radius 1 is 0.846 bits per heavy atom. The number of rotatable bonds is 8. The van der Waals surface area contributed by atoms with E-state index >= 15 is 0 Å². The zero-order valence-corrected chi connectivity index (χ0v) is 22.2. The van der Waals surface area contributed by atoms with Gasteiger partial charge in [-0.15, -0.1) is 0 Å². The van der Waals surface area contributed by atoms with Gasteiger partial charge in [-0.25, -0.2) is 9.69 Å². The third-order valence-electron chi connectivity index (χ3n) is 5.98. The normalized spacial score (nSPS) is 12.9. The quantitative estimate of drug-likeness (QED) is 0.311. The lowest BCUT2D eigenvalue weighted by atomic mass is 10.1. The van der Waals surface area contributed by atoms with Crippen LogP contribution in [-0.4, -0.2) is 45.0 Å². The molecule has 11 heteroatoms. The second-order valence-electron chi connectivity index (χ2n) is 8.35. The maximum atomic E-state index is 13.3. The molecule has 0 aliphatic carbocycles. The van der Waals surface area contributed by atoms with E-state index < -0.39 is 23.7 Å². The van der Waals surface area contributed by atoms with Gasteiger partial charge in [-0.3, -0.25) is 14.4 Å². The molecule has 1 aliphatic heterocycles. The number of hydrogen-bond acceptors (Lipinski definition) is 8. The molecule has 0 spiro atoms. The summed E-state index contributed by atoms with van der Waals surface area (Å²) in [5, 5.41) is 5.36. The maximum Gasteiger partial charge on any atom is 0.337 e. The topological polar surface area (TPSA) is 123 Å². The molecule has 39 heavy (non-hydrogen) atoms. The lowest BCUT2D eigenvalue weighted by molar-refractivity contribution is -0.120. The van der Waals surface area contributed by atoms with Crippen LogP contribution in [0.3, 0.4) is 0 Å². The number of carbonyl (C=O) groups is 4. The van der Waals surface area contributed by atoms with E-state index in [9.17, 15) is 19.2 Å². The summed E-state index contributed by atoms with van der Waals surface area (Å²) in [7, 11) is 4.18. The van der Waals surface area contributed by atoms with Crippen molar-refractivity contribution in [1.82, 2.24) is 0 Å². The summed E-state index contributed by atoms with van der Waals surface area (Å²) in [4.78, 5) is 51.7. The molecule has 1 aliphatic rings. The fourth-order valence-corrected chi connectivity index (χ4v) is 4.06. The van der Waals surface area contributed by atoms with Gasteiger partial charge >= 0.3 is 5.97 Å². The first-order chi connectivity index (χ1) is 18.7. The molecular weight excluding hydrogens is 526 g/mol. The highest BCUT2D eigenvalue weighted by molar-refractivity contribution is 6.53. The van der Waals surface area contributed by atoms with Crippen molar-refractivity contribution in [3.05, 3.63) is 88.1 Å². The molecule has 10 nitrogen and oxygen atoms in total. The molecule has 4 rings (SSSR count). The van der Waals surface area contributed by atoms with Gasteiger partial charge in [-0.1, -0.05) is 17.7 Å². The fourth-order valence-electron chi connectivity index (χ4n) is 3.84. The predicted octanol–water partition coefficient (Wildman–Crippen LogP) is 4.49. The zero-order chi connectivity index (χ0) is 28.3. The van der Waals surface area contributed by atoms with Crippen LogP contribution in [0.1, 0.15) is 26.3 Å². The summed E-state index contributed by atoms with van der Waals surface area (Å²) in [6.45, 7) is 1.77. The molecule has 2 N–H and O–H groups in total. The van der Waals surface area contributed by atoms with Gasteiger partial charge in [0, 0.05) is 23.0 Å². The van der Waals surface area contributed by atoms with Crippen LogP contribution in [0.5, 0.6) is 11.5 Å². The van der Waals surface area contributed by atoms with E-state index in [2.05, 4.69) is 15.4 Å². The molecule has 0 radical (unpaired) electrons. The second-order valence-corrected chi connectivity index (χ2v) is 8.73. The summed E-state index contributed by atoms with van der Waals surface area (Å²) < 4.78 is 15.2. The summed E-state index contributed by atoms with van der Waals surface area (Å²) in [6, 6.07) is 15.7. The van der Waals surface area contributed by atoms with Gasteiger partial charge in [0.15, 0.2) is 0 Å². The molecule has 3 aromatic rings. The fraction of sp³-hybridized carbons (Fsp3) is 0.143. The van der Waals surface area contributed by atoms with E-state index in [-0.39, 0.29) is 27.7 Å². The number of nitrogens with zero attached hydrogens (tertiary/aromatic N) is 1. The molecule has 0 saturated carbocycles. The number of imide groups is 1. The summed E-state index contributed by atoms with van der Waals surface area (Å²) >= 11 is 6.31. The zero-order valence-electron chi connectivity index (χ0n) is 21.5. The molecular formula is C28H24ClN3O7. The highest BCUT2D eigenvalue weighted by Crippen LogP contribution is 2.38. The Bertz CT molecular complexity index is 1520. The third-order valence-corrected chi connectivity index (χ3v) is 6.33. The van der Waals surface area contributed by atoms with E-state index in [0.29, 0.717) is 28.3 Å². The Morgan fingerprint density at radius 3 is 2.18 bits per heavy atom. The molecule has 0 unspecified atom stereocenters. The van der Waals surface area contributed by atoms with E-state index in [1.54, 1.807) is 49.4 Å². The average Bonchev–Trinajstić information content (AvgIpc) is 3.16. The van der Waals surface area contributed by atoms with Crippen molar-refractivity contribution in [2.45, 2.75) is 6.92 Å². The molecule has 0 saturated heterocycles. The number of nitrogens with one attached hydrogen (secondary N) is 2. The minimum atomic E-state index is -0.727. The van der Waals surface area contributed by atoms with Gasteiger partial charge in [-0.2, -0.15) is 0 Å². The number of amides is 3. The van der Waals surface area contributed by atoms with Crippen molar-refractivity contribution >= 4 is 52.4 Å². The van der Waals surface area contributed by atoms with Gasteiger partial charge in [0.1, 0.15) is 22.2 Å². The van der Waals surface area contributed by atoms with Crippen LogP contribution in [0.4, 0.5) is 17.1 Å². The summed E-state index contributed by atoms with van der Waals surface area (Å²) in [5.74, 6) is -1.60. The highest BCUT2D eigenvalue weighted by atomic mass is 35.5. The third kappa shape index (κ3) is 5.41. The van der Waals surface area contributed by atoms with Crippen LogP contribution < -0.4 is 25.0 Å². The smallest absolute Gasteiger partial charge is 0.337 e. The number of hydrogen-bond donors (Lipinski definition) is 2. The first kappa shape index (κ1) is 27.2. The van der Waals surface area contributed by atoms with Crippen molar-refractivity contribution < 1.29 is 33.4 Å². The Hall–Kier alpha value is -4.83. The van der Waals surface area contributed by atoms with Crippen LogP contribution in [0.2, 0.25) is 0 Å². The number of esters is 1. The number of methoxy groups -OCH3 is 3. The molecule has 3 aromatic carbocycles. The number of anilines is 3. The molecule has 3 amide bonds. The van der Waals surface area contributed by atoms with Crippen molar-refractivity contribution in [2.24, 2.45) is 0 Å². The van der Waals surface area contributed by atoms with Crippen LogP contribution in [0, 0.1) is 6.92 Å². The largest absolute Gasteiger partial charge is 0.497 e. The standard InChI is InChI=1S/C28H24ClN3O7/c1-15-5-6-17(25(33)30-18-9-7-16(8-10-18)28(36)39-4)13-20(15)31-24-23(29)26(34)32(27(24)35)21-12-11-19(37-2)14-22(21)38-3/h5-14,31H,1-4H3,(H,30,33). The van der Waals surface area contributed by atoms with Gasteiger partial charge in [0.2, 0.25) is 0 Å². The van der Waals surface area contributed by atoms with Crippen LogP contribution >= 0.6 is 11.6 Å². The molecule has 0 aromatic heterocycles. The number of ether oxygens (including phenoxy) is 3. The van der Waals surface area contributed by atoms with E-state index in [1.807, 2.05) is 0 Å². The molecule has 200 valence electrons. The Kier molecular flexibility index (Phi) is 7.87. The number of carbonyl (C=O) groups excluding carboxylic acids is 4. The van der Waals surface area contributed by atoms with Gasteiger partial charge in [0.05, 0.1) is 32.6 Å². The first-order valence-electron chi connectivity index (χ1n) is 11.6. The van der Waals surface area contributed by atoms with E-state index in [0.717, 1.165) is 4.90 Å². The lowest BCUT2D eigenvalue weighted by Gasteiger charge is -2.19. The van der Waals surface area contributed by atoms with Crippen molar-refractivity contribution in [3.8, 4) is 11.5 Å². The number of halogens is 1. The molecule has 0 bridgehead atoms. The Balaban J connectivity index is 1.56. The van der Waals surface area contributed by atoms with E-state index in [1.165, 1.54) is 39.5 Å². The average molecular weight is 550 g/mol. The Morgan fingerprint density at radius 2 is 1.54 bits per heavy atom. The SMILES string of the molecule is COC(=O)c1ccc(NC(=O)c2ccc(C)c(NC3=C(Cl)C(=O)N(c4ccc(OC)cc4OC)C3=O)c2)cc1. The monoisotopic (exact) mass is 549 g/mol. The second kappa shape index (κ2) is 11.3. The molecule has 0 atom stereocenters. The minimum absolute atomic E-state index is 0.140. The predicted molar refractivity (Wildman–Crippen MR) is 145 cm³/mol. The van der Waals surface area contributed by atoms with Crippen molar-refractivity contribution in [1.29, 1.82) is 0 Å². The Labute approximate surface area is 229 Å². The van der Waals surface area contributed by atoms with Gasteiger partial charge in [0.25, 0.3) is 17.7 Å². The minimum Gasteiger partial charge on any atom is -0.497 e. The van der Waals surface area contributed by atoms with Crippen LogP contribution in [0.15, 0.2) is 71.4 Å². The van der Waals surface area contributed by atoms with Crippen LogP contribution in [-0.2, 0) is 14.3 Å². The number of benzene rings is 3. The summed E-state index contributed by atoms with van der Waals surface area (Å²) in [5.41, 5.74) is 2.26. The highest BCUT2D eigenvalue weighted by Gasteiger charge is 2.40. The van der Waals surface area contributed by atoms with Crippen molar-refractivity contribution in [3.63, 3.8) is 0 Å². The maximum absolute atomic E-state index is 13.3. The summed E-state index contributed by atoms with van der Waals surface area (Å²) in [6.07, 6.45) is 0. The first-order valence-corrected chi connectivity index (χ1v) is 11.9.